The van der Waals surface area contributed by atoms with Crippen LogP contribution in [0.4, 0.5) is 4.39 Å². The van der Waals surface area contributed by atoms with Crippen LogP contribution in [0.5, 0.6) is 0 Å². The van der Waals surface area contributed by atoms with E-state index < -0.39 is 0 Å². The summed E-state index contributed by atoms with van der Waals surface area (Å²) in [6.45, 7) is 2.28. The fourth-order valence-electron chi connectivity index (χ4n) is 2.65. The zero-order valence-corrected chi connectivity index (χ0v) is 13.7. The van der Waals surface area contributed by atoms with Crippen molar-refractivity contribution in [3.8, 4) is 0 Å². The number of hydrogen-bond acceptors (Lipinski definition) is 3. The fraction of sp³-hybridized carbons (Fsp3) is 0.529. The van der Waals surface area contributed by atoms with Gasteiger partial charge < -0.3 is 15.1 Å². The molecule has 1 aromatic carbocycles. The number of likely N-dealkylation sites (tertiary alicyclic amines) is 1. The van der Waals surface area contributed by atoms with Gasteiger partial charge in [0.05, 0.1) is 5.92 Å². The van der Waals surface area contributed by atoms with Crippen molar-refractivity contribution in [3.05, 3.63) is 35.6 Å². The average Bonchev–Trinajstić information content (AvgIpc) is 2.88. The zero-order valence-electron chi connectivity index (χ0n) is 13.7. The summed E-state index contributed by atoms with van der Waals surface area (Å²) >= 11 is 0. The lowest BCUT2D eigenvalue weighted by atomic mass is 10.1. The van der Waals surface area contributed by atoms with Gasteiger partial charge >= 0.3 is 0 Å². The molecule has 0 saturated carbocycles. The van der Waals surface area contributed by atoms with Crippen molar-refractivity contribution in [1.82, 2.24) is 15.1 Å². The van der Waals surface area contributed by atoms with Crippen LogP contribution in [0, 0.1) is 11.7 Å². The highest BCUT2D eigenvalue weighted by Gasteiger charge is 2.33. The second-order valence-electron chi connectivity index (χ2n) is 6.18. The molecule has 1 aromatic rings. The predicted molar refractivity (Wildman–Crippen MR) is 86.4 cm³/mol. The number of nitrogens with one attached hydrogen (secondary N) is 1. The van der Waals surface area contributed by atoms with Crippen LogP contribution in [0.25, 0.3) is 0 Å². The van der Waals surface area contributed by atoms with E-state index in [2.05, 4.69) is 5.32 Å². The quantitative estimate of drug-likeness (QED) is 0.812. The largest absolute Gasteiger partial charge is 0.355 e. The summed E-state index contributed by atoms with van der Waals surface area (Å²) in [5, 5.41) is 2.81. The number of nitrogens with zero attached hydrogens (tertiary/aromatic N) is 2. The number of likely N-dealkylation sites (N-methyl/N-ethyl adjacent to an activating group) is 1. The molecular formula is C17H24FN3O2. The number of carbonyl (C=O) groups excluding carboxylic acids is 2. The predicted octanol–water partition coefficient (Wildman–Crippen LogP) is 0.895. The molecule has 1 unspecified atom stereocenters. The van der Waals surface area contributed by atoms with Crippen LogP contribution < -0.4 is 5.32 Å². The molecule has 0 bridgehead atoms. The van der Waals surface area contributed by atoms with E-state index in [-0.39, 0.29) is 30.0 Å². The third-order valence-corrected chi connectivity index (χ3v) is 4.05. The first-order chi connectivity index (χ1) is 11.0. The van der Waals surface area contributed by atoms with Gasteiger partial charge in [0, 0.05) is 32.6 Å². The molecule has 0 aromatic heterocycles. The van der Waals surface area contributed by atoms with Crippen LogP contribution in [0.2, 0.25) is 0 Å². The molecule has 0 spiro atoms. The Hall–Kier alpha value is -1.95. The summed E-state index contributed by atoms with van der Waals surface area (Å²) in [6, 6.07) is 6.54. The van der Waals surface area contributed by atoms with Gasteiger partial charge in [-0.25, -0.2) is 4.39 Å². The second kappa shape index (κ2) is 8.06. The minimum atomic E-state index is -0.301. The molecule has 126 valence electrons. The Bertz CT molecular complexity index is 563. The van der Waals surface area contributed by atoms with E-state index in [4.69, 9.17) is 0 Å². The van der Waals surface area contributed by atoms with E-state index in [1.807, 2.05) is 19.0 Å². The lowest BCUT2D eigenvalue weighted by Crippen LogP contribution is -2.36. The van der Waals surface area contributed by atoms with Crippen molar-refractivity contribution in [2.45, 2.75) is 12.8 Å². The summed E-state index contributed by atoms with van der Waals surface area (Å²) in [6.07, 6.45) is 0.711. The van der Waals surface area contributed by atoms with Crippen molar-refractivity contribution in [1.29, 1.82) is 0 Å². The van der Waals surface area contributed by atoms with Gasteiger partial charge in [-0.2, -0.15) is 0 Å². The smallest absolute Gasteiger partial charge is 0.225 e. The number of carbonyl (C=O) groups is 2. The number of rotatable bonds is 7. The van der Waals surface area contributed by atoms with E-state index in [1.54, 1.807) is 23.1 Å². The first kappa shape index (κ1) is 17.4. The molecule has 1 atom stereocenters. The van der Waals surface area contributed by atoms with E-state index >= 15 is 0 Å². The Morgan fingerprint density at radius 1 is 1.39 bits per heavy atom. The number of halogens is 1. The molecule has 1 N–H and O–H groups in total. The van der Waals surface area contributed by atoms with E-state index in [0.717, 1.165) is 6.54 Å². The Morgan fingerprint density at radius 3 is 2.83 bits per heavy atom. The lowest BCUT2D eigenvalue weighted by molar-refractivity contribution is -0.129. The number of amides is 2. The summed E-state index contributed by atoms with van der Waals surface area (Å²) in [4.78, 5) is 27.8. The van der Waals surface area contributed by atoms with Gasteiger partial charge in [-0.15, -0.1) is 0 Å². The van der Waals surface area contributed by atoms with Gasteiger partial charge in [-0.1, -0.05) is 18.2 Å². The molecule has 1 fully saturated rings. The molecule has 1 aliphatic rings. The summed E-state index contributed by atoms with van der Waals surface area (Å²) < 4.78 is 13.5. The third-order valence-electron chi connectivity index (χ3n) is 4.05. The van der Waals surface area contributed by atoms with Crippen molar-refractivity contribution in [2.24, 2.45) is 5.92 Å². The molecule has 1 heterocycles. The average molecular weight is 321 g/mol. The SMILES string of the molecule is CN(C)CCN1CC(C(=O)NCCc2ccccc2F)CC1=O. The third kappa shape index (κ3) is 5.03. The van der Waals surface area contributed by atoms with Gasteiger partial charge in [0.15, 0.2) is 0 Å². The molecule has 1 saturated heterocycles. The Labute approximate surface area is 136 Å². The van der Waals surface area contributed by atoms with Crippen molar-refractivity contribution in [3.63, 3.8) is 0 Å². The van der Waals surface area contributed by atoms with Crippen LogP contribution in [-0.4, -0.2) is 61.9 Å². The van der Waals surface area contributed by atoms with Gasteiger partial charge in [-0.3, -0.25) is 9.59 Å². The van der Waals surface area contributed by atoms with Crippen molar-refractivity contribution < 1.29 is 14.0 Å². The maximum Gasteiger partial charge on any atom is 0.225 e. The van der Waals surface area contributed by atoms with Gasteiger partial charge in [0.2, 0.25) is 11.8 Å². The first-order valence-electron chi connectivity index (χ1n) is 7.91. The Kier molecular flexibility index (Phi) is 6.10. The Balaban J connectivity index is 1.76. The van der Waals surface area contributed by atoms with Gasteiger partial charge in [-0.05, 0) is 32.1 Å². The van der Waals surface area contributed by atoms with Crippen LogP contribution in [-0.2, 0) is 16.0 Å². The molecule has 2 rings (SSSR count). The van der Waals surface area contributed by atoms with Crippen LogP contribution in [0.1, 0.15) is 12.0 Å². The molecule has 0 aliphatic carbocycles. The molecule has 1 aliphatic heterocycles. The first-order valence-corrected chi connectivity index (χ1v) is 7.91. The molecule has 6 heteroatoms. The summed E-state index contributed by atoms with van der Waals surface area (Å²) in [7, 11) is 3.90. The summed E-state index contributed by atoms with van der Waals surface area (Å²) in [5.74, 6) is -0.652. The van der Waals surface area contributed by atoms with Crippen LogP contribution >= 0.6 is 0 Å². The minimum Gasteiger partial charge on any atom is -0.355 e. The maximum atomic E-state index is 13.5. The molecule has 23 heavy (non-hydrogen) atoms. The Morgan fingerprint density at radius 2 is 2.13 bits per heavy atom. The van der Waals surface area contributed by atoms with E-state index in [0.29, 0.717) is 31.6 Å². The van der Waals surface area contributed by atoms with Crippen molar-refractivity contribution >= 4 is 11.8 Å². The van der Waals surface area contributed by atoms with Gasteiger partial charge in [0.25, 0.3) is 0 Å². The lowest BCUT2D eigenvalue weighted by Gasteiger charge is -2.19. The highest BCUT2D eigenvalue weighted by atomic mass is 19.1. The zero-order chi connectivity index (χ0) is 16.8. The molecular weight excluding hydrogens is 297 g/mol. The van der Waals surface area contributed by atoms with E-state index in [9.17, 15) is 14.0 Å². The molecule has 0 radical (unpaired) electrons. The molecule has 2 amide bonds. The normalized spacial score (nSPS) is 17.8. The van der Waals surface area contributed by atoms with Crippen LogP contribution in [0.3, 0.4) is 0 Å². The molecule has 5 nitrogen and oxygen atoms in total. The second-order valence-corrected chi connectivity index (χ2v) is 6.18. The highest BCUT2D eigenvalue weighted by Crippen LogP contribution is 2.17. The van der Waals surface area contributed by atoms with Gasteiger partial charge in [0.1, 0.15) is 5.82 Å². The van der Waals surface area contributed by atoms with Crippen molar-refractivity contribution in [2.75, 3.05) is 40.3 Å². The maximum absolute atomic E-state index is 13.5. The van der Waals surface area contributed by atoms with Crippen LogP contribution in [0.15, 0.2) is 24.3 Å². The highest BCUT2D eigenvalue weighted by molar-refractivity contribution is 5.89. The monoisotopic (exact) mass is 321 g/mol. The number of hydrogen-bond donors (Lipinski definition) is 1. The standard InChI is InChI=1S/C17H24FN3O2/c1-20(2)9-10-21-12-14(11-16(21)22)17(23)19-8-7-13-5-3-4-6-15(13)18/h3-6,14H,7-12H2,1-2H3,(H,19,23). The summed E-state index contributed by atoms with van der Waals surface area (Å²) in [5.41, 5.74) is 0.586. The van der Waals surface area contributed by atoms with E-state index in [1.165, 1.54) is 6.07 Å². The number of benzene rings is 1. The minimum absolute atomic E-state index is 0.0288. The topological polar surface area (TPSA) is 52.6 Å². The fourth-order valence-corrected chi connectivity index (χ4v) is 2.65.